The van der Waals surface area contributed by atoms with Gasteiger partial charge in [-0.2, -0.15) is 0 Å². The first kappa shape index (κ1) is 24.0. The molecule has 0 saturated carbocycles. The van der Waals surface area contributed by atoms with E-state index in [0.29, 0.717) is 0 Å². The summed E-state index contributed by atoms with van der Waals surface area (Å²) in [5.74, 6) is -1.68. The smallest absolute Gasteiger partial charge is 0.407 e. The number of carbonyl (C=O) groups excluding carboxylic acids is 2. The summed E-state index contributed by atoms with van der Waals surface area (Å²) < 4.78 is 5.62. The summed E-state index contributed by atoms with van der Waals surface area (Å²) >= 11 is 0. The molecule has 3 aromatic carbocycles. The van der Waals surface area contributed by atoms with Gasteiger partial charge >= 0.3 is 12.1 Å². The predicted octanol–water partition coefficient (Wildman–Crippen LogP) is 4.07. The Bertz CT molecular complexity index is 1170. The Balaban J connectivity index is 1.48. The molecule has 1 aliphatic carbocycles. The van der Waals surface area contributed by atoms with Gasteiger partial charge in [0.1, 0.15) is 19.2 Å². The van der Waals surface area contributed by atoms with E-state index in [1.54, 1.807) is 6.92 Å². The molecule has 2 N–H and O–H groups in total. The van der Waals surface area contributed by atoms with Gasteiger partial charge in [-0.15, -0.1) is 0 Å². The minimum atomic E-state index is -1.11. The largest absolute Gasteiger partial charge is 0.480 e. The van der Waals surface area contributed by atoms with Crippen LogP contribution in [0.4, 0.5) is 4.79 Å². The quantitative estimate of drug-likeness (QED) is 0.490. The summed E-state index contributed by atoms with van der Waals surface area (Å²) in [6.07, 6.45) is -0.493. The third-order valence-electron chi connectivity index (χ3n) is 6.24. The number of rotatable bonds is 9. The molecule has 7 heteroatoms. The Labute approximate surface area is 204 Å². The number of hydrogen-bond donors (Lipinski definition) is 2. The van der Waals surface area contributed by atoms with Crippen molar-refractivity contribution >= 4 is 18.0 Å². The monoisotopic (exact) mass is 472 g/mol. The normalized spacial score (nSPS) is 12.8. The molecule has 4 rings (SSSR count). The van der Waals surface area contributed by atoms with E-state index in [1.807, 2.05) is 66.7 Å². The Morgan fingerprint density at radius 1 is 0.914 bits per heavy atom. The number of aliphatic carboxylic acids is 1. The lowest BCUT2D eigenvalue weighted by molar-refractivity contribution is -0.145. The molecule has 0 fully saturated rings. The number of nitrogens with zero attached hydrogens (tertiary/aromatic N) is 1. The van der Waals surface area contributed by atoms with Crippen LogP contribution in [-0.4, -0.2) is 53.7 Å². The fourth-order valence-corrected chi connectivity index (χ4v) is 4.56. The van der Waals surface area contributed by atoms with Crippen molar-refractivity contribution < 1.29 is 24.2 Å². The van der Waals surface area contributed by atoms with E-state index in [9.17, 15) is 19.5 Å². The highest BCUT2D eigenvalue weighted by molar-refractivity contribution is 5.88. The maximum atomic E-state index is 13.1. The van der Waals surface area contributed by atoms with Crippen molar-refractivity contribution in [1.29, 1.82) is 0 Å². The molecule has 1 atom stereocenters. The molecule has 0 saturated heterocycles. The molecule has 1 aliphatic rings. The molecule has 0 radical (unpaired) electrons. The fourth-order valence-electron chi connectivity index (χ4n) is 4.56. The molecule has 35 heavy (non-hydrogen) atoms. The van der Waals surface area contributed by atoms with Gasteiger partial charge in [0.25, 0.3) is 0 Å². The van der Waals surface area contributed by atoms with Gasteiger partial charge in [0.05, 0.1) is 0 Å². The summed E-state index contributed by atoms with van der Waals surface area (Å²) in [6, 6.07) is 24.4. The Kier molecular flexibility index (Phi) is 7.45. The SMILES string of the molecule is CCN(CC(=O)O)C(=O)C(Cc1ccccc1)NC(=O)OCC1c2ccccc2-c2ccccc21. The van der Waals surface area contributed by atoms with Crippen LogP contribution >= 0.6 is 0 Å². The topological polar surface area (TPSA) is 95.9 Å². The summed E-state index contributed by atoms with van der Waals surface area (Å²) in [5.41, 5.74) is 5.29. The standard InChI is InChI=1S/C28H28N2O5/c1-2-30(17-26(31)32)27(33)25(16-19-10-4-3-5-11-19)29-28(34)35-18-24-22-14-8-6-12-20(22)21-13-7-9-15-23(21)24/h3-15,24-25H,2,16-18H2,1H3,(H,29,34)(H,31,32). The molecule has 180 valence electrons. The second-order valence-electron chi connectivity index (χ2n) is 8.46. The van der Waals surface area contributed by atoms with Crippen LogP contribution in [0.15, 0.2) is 78.9 Å². The number of likely N-dealkylation sites (N-methyl/N-ethyl adjacent to an activating group) is 1. The average molecular weight is 473 g/mol. The number of fused-ring (bicyclic) bond motifs is 3. The zero-order chi connectivity index (χ0) is 24.8. The van der Waals surface area contributed by atoms with Gasteiger partial charge in [0.15, 0.2) is 0 Å². The van der Waals surface area contributed by atoms with Crippen molar-refractivity contribution in [3.63, 3.8) is 0 Å². The average Bonchev–Trinajstić information content (AvgIpc) is 3.19. The molecule has 0 heterocycles. The zero-order valence-corrected chi connectivity index (χ0v) is 19.5. The van der Waals surface area contributed by atoms with Crippen molar-refractivity contribution in [3.05, 3.63) is 95.6 Å². The lowest BCUT2D eigenvalue weighted by atomic mass is 9.98. The Morgan fingerprint density at radius 3 is 2.06 bits per heavy atom. The number of nitrogens with one attached hydrogen (secondary N) is 1. The van der Waals surface area contributed by atoms with Crippen LogP contribution in [0.1, 0.15) is 29.5 Å². The second kappa shape index (κ2) is 10.9. The number of carboxylic acid groups (broad SMARTS) is 1. The van der Waals surface area contributed by atoms with E-state index in [2.05, 4.69) is 17.4 Å². The molecule has 1 unspecified atom stereocenters. The second-order valence-corrected chi connectivity index (χ2v) is 8.46. The summed E-state index contributed by atoms with van der Waals surface area (Å²) in [7, 11) is 0. The Hall–Kier alpha value is -4.13. The molecule has 0 aliphatic heterocycles. The van der Waals surface area contributed by atoms with E-state index < -0.39 is 30.6 Å². The highest BCUT2D eigenvalue weighted by Crippen LogP contribution is 2.44. The van der Waals surface area contributed by atoms with Gasteiger partial charge in [0.2, 0.25) is 5.91 Å². The third kappa shape index (κ3) is 5.51. The van der Waals surface area contributed by atoms with Crippen molar-refractivity contribution in [3.8, 4) is 11.1 Å². The number of benzene rings is 3. The zero-order valence-electron chi connectivity index (χ0n) is 19.5. The first-order chi connectivity index (χ1) is 17.0. The minimum Gasteiger partial charge on any atom is -0.480 e. The van der Waals surface area contributed by atoms with Crippen molar-refractivity contribution in [2.75, 3.05) is 19.7 Å². The molecule has 7 nitrogen and oxygen atoms in total. The first-order valence-corrected chi connectivity index (χ1v) is 11.6. The van der Waals surface area contributed by atoms with Crippen LogP contribution < -0.4 is 5.32 Å². The van der Waals surface area contributed by atoms with Gasteiger partial charge in [-0.3, -0.25) is 9.59 Å². The molecular weight excluding hydrogens is 444 g/mol. The van der Waals surface area contributed by atoms with E-state index >= 15 is 0 Å². The summed E-state index contributed by atoms with van der Waals surface area (Å²) in [4.78, 5) is 38.4. The van der Waals surface area contributed by atoms with E-state index in [0.717, 1.165) is 27.8 Å². The van der Waals surface area contributed by atoms with Gasteiger partial charge < -0.3 is 20.1 Å². The van der Waals surface area contributed by atoms with E-state index in [1.165, 1.54) is 4.90 Å². The van der Waals surface area contributed by atoms with E-state index in [4.69, 9.17) is 4.74 Å². The summed E-state index contributed by atoms with van der Waals surface area (Å²) in [6.45, 7) is 1.60. The van der Waals surface area contributed by atoms with Crippen LogP contribution in [0, 0.1) is 0 Å². The van der Waals surface area contributed by atoms with Crippen molar-refractivity contribution in [1.82, 2.24) is 10.2 Å². The Morgan fingerprint density at radius 2 is 1.49 bits per heavy atom. The number of carbonyl (C=O) groups is 3. The molecule has 0 aromatic heterocycles. The lowest BCUT2D eigenvalue weighted by Crippen LogP contribution is -2.51. The fraction of sp³-hybridized carbons (Fsp3) is 0.250. The molecule has 2 amide bonds. The van der Waals surface area contributed by atoms with Crippen molar-refractivity contribution in [2.45, 2.75) is 25.3 Å². The maximum Gasteiger partial charge on any atom is 0.407 e. The van der Waals surface area contributed by atoms with Crippen LogP contribution in [0.5, 0.6) is 0 Å². The van der Waals surface area contributed by atoms with Crippen LogP contribution in [0.3, 0.4) is 0 Å². The number of hydrogen-bond acceptors (Lipinski definition) is 4. The van der Waals surface area contributed by atoms with Gasteiger partial charge in [-0.1, -0.05) is 78.9 Å². The van der Waals surface area contributed by atoms with E-state index in [-0.39, 0.29) is 25.5 Å². The number of carboxylic acids is 1. The van der Waals surface area contributed by atoms with Gasteiger partial charge in [0, 0.05) is 18.9 Å². The first-order valence-electron chi connectivity index (χ1n) is 11.6. The number of amides is 2. The van der Waals surface area contributed by atoms with Crippen LogP contribution in [-0.2, 0) is 20.7 Å². The minimum absolute atomic E-state index is 0.101. The van der Waals surface area contributed by atoms with Crippen LogP contribution in [0.2, 0.25) is 0 Å². The third-order valence-corrected chi connectivity index (χ3v) is 6.24. The highest BCUT2D eigenvalue weighted by atomic mass is 16.5. The molecule has 3 aromatic rings. The van der Waals surface area contributed by atoms with Crippen molar-refractivity contribution in [2.24, 2.45) is 0 Å². The van der Waals surface area contributed by atoms with Crippen LogP contribution in [0.25, 0.3) is 11.1 Å². The highest BCUT2D eigenvalue weighted by Gasteiger charge is 2.31. The lowest BCUT2D eigenvalue weighted by Gasteiger charge is -2.26. The van der Waals surface area contributed by atoms with Gasteiger partial charge in [-0.25, -0.2) is 4.79 Å². The number of ether oxygens (including phenoxy) is 1. The molecule has 0 bridgehead atoms. The predicted molar refractivity (Wildman–Crippen MR) is 132 cm³/mol. The molecular formula is C28H28N2O5. The maximum absolute atomic E-state index is 13.1. The van der Waals surface area contributed by atoms with Gasteiger partial charge in [-0.05, 0) is 34.7 Å². The molecule has 0 spiro atoms. The summed E-state index contributed by atoms with van der Waals surface area (Å²) in [5, 5.41) is 11.9. The number of alkyl carbamates (subject to hydrolysis) is 1.